The summed E-state index contributed by atoms with van der Waals surface area (Å²) in [6.07, 6.45) is 0. The van der Waals surface area contributed by atoms with Crippen LogP contribution in [0, 0.1) is 6.92 Å². The Hall–Kier alpha value is -2.66. The number of benzene rings is 2. The van der Waals surface area contributed by atoms with Gasteiger partial charge in [-0.05, 0) is 49.9 Å². The number of carbonyl (C=O) groups excluding carboxylic acids is 2. The zero-order valence-corrected chi connectivity index (χ0v) is 14.7. The molecule has 1 N–H and O–H groups in total. The molecular formula is C20H23N3O2. The minimum atomic E-state index is -0.142. The third-order valence-electron chi connectivity index (χ3n) is 4.57. The van der Waals surface area contributed by atoms with Crippen LogP contribution in [0.15, 0.2) is 48.5 Å². The van der Waals surface area contributed by atoms with Crippen LogP contribution >= 0.6 is 0 Å². The normalized spacial score (nSPS) is 15.0. The van der Waals surface area contributed by atoms with Crippen LogP contribution in [0.3, 0.4) is 0 Å². The number of amides is 2. The predicted molar refractivity (Wildman–Crippen MR) is 99.0 cm³/mol. The Labute approximate surface area is 148 Å². The molecule has 0 bridgehead atoms. The zero-order chi connectivity index (χ0) is 17.8. The maximum atomic E-state index is 12.5. The summed E-state index contributed by atoms with van der Waals surface area (Å²) in [5.74, 6) is -0.0962. The average molecular weight is 337 g/mol. The summed E-state index contributed by atoms with van der Waals surface area (Å²) in [5.41, 5.74) is 2.92. The van der Waals surface area contributed by atoms with Crippen LogP contribution in [0.4, 0.5) is 5.69 Å². The topological polar surface area (TPSA) is 52.7 Å². The molecule has 1 aliphatic rings. The van der Waals surface area contributed by atoms with Gasteiger partial charge in [-0.2, -0.15) is 0 Å². The van der Waals surface area contributed by atoms with E-state index in [-0.39, 0.29) is 11.8 Å². The van der Waals surface area contributed by atoms with Crippen LogP contribution in [0.2, 0.25) is 0 Å². The molecule has 5 heteroatoms. The fourth-order valence-corrected chi connectivity index (χ4v) is 2.91. The lowest BCUT2D eigenvalue weighted by molar-refractivity contribution is 0.0664. The van der Waals surface area contributed by atoms with Gasteiger partial charge in [0.05, 0.1) is 0 Å². The molecule has 0 spiro atoms. The number of likely N-dealkylation sites (N-methyl/N-ethyl adjacent to an activating group) is 1. The molecule has 0 saturated carbocycles. The highest BCUT2D eigenvalue weighted by Crippen LogP contribution is 2.15. The van der Waals surface area contributed by atoms with Crippen molar-refractivity contribution < 1.29 is 9.59 Å². The second-order valence-corrected chi connectivity index (χ2v) is 6.44. The lowest BCUT2D eigenvalue weighted by atomic mass is 10.1. The predicted octanol–water partition coefficient (Wildman–Crippen LogP) is 2.63. The number of nitrogens with zero attached hydrogens (tertiary/aromatic N) is 2. The van der Waals surface area contributed by atoms with Crippen molar-refractivity contribution >= 4 is 17.5 Å². The molecule has 1 saturated heterocycles. The van der Waals surface area contributed by atoms with E-state index in [0.717, 1.165) is 31.7 Å². The first-order chi connectivity index (χ1) is 12.0. The van der Waals surface area contributed by atoms with Crippen molar-refractivity contribution in [3.8, 4) is 0 Å². The minimum absolute atomic E-state index is 0.0462. The molecule has 1 heterocycles. The quantitative estimate of drug-likeness (QED) is 0.937. The van der Waals surface area contributed by atoms with E-state index >= 15 is 0 Å². The molecule has 0 aliphatic carbocycles. The number of nitrogens with one attached hydrogen (secondary N) is 1. The first kappa shape index (κ1) is 17.2. The Bertz CT molecular complexity index is 763. The zero-order valence-electron chi connectivity index (χ0n) is 14.7. The molecule has 2 aromatic rings. The van der Waals surface area contributed by atoms with Gasteiger partial charge >= 0.3 is 0 Å². The molecular weight excluding hydrogens is 314 g/mol. The van der Waals surface area contributed by atoms with E-state index in [0.29, 0.717) is 16.8 Å². The number of carbonyl (C=O) groups is 2. The van der Waals surface area contributed by atoms with Crippen molar-refractivity contribution in [3.05, 3.63) is 65.2 Å². The number of hydrogen-bond acceptors (Lipinski definition) is 3. The van der Waals surface area contributed by atoms with E-state index in [1.54, 1.807) is 30.3 Å². The first-order valence-corrected chi connectivity index (χ1v) is 8.49. The maximum absolute atomic E-state index is 12.5. The summed E-state index contributed by atoms with van der Waals surface area (Å²) in [6, 6.07) is 14.6. The van der Waals surface area contributed by atoms with E-state index in [4.69, 9.17) is 0 Å². The standard InChI is InChI=1S/C20H23N3O2/c1-15-5-3-4-6-18(15)19(24)21-17-9-7-16(8-10-17)20(25)23-13-11-22(2)12-14-23/h3-10H,11-14H2,1-2H3,(H,21,24). The van der Waals surface area contributed by atoms with Crippen LogP contribution < -0.4 is 5.32 Å². The van der Waals surface area contributed by atoms with Crippen LogP contribution in [0.1, 0.15) is 26.3 Å². The van der Waals surface area contributed by atoms with Crippen molar-refractivity contribution in [2.45, 2.75) is 6.92 Å². The molecule has 1 fully saturated rings. The summed E-state index contributed by atoms with van der Waals surface area (Å²) < 4.78 is 0. The van der Waals surface area contributed by atoms with E-state index < -0.39 is 0 Å². The van der Waals surface area contributed by atoms with Gasteiger partial charge in [-0.1, -0.05) is 18.2 Å². The highest BCUT2D eigenvalue weighted by molar-refractivity contribution is 6.05. The largest absolute Gasteiger partial charge is 0.336 e. The van der Waals surface area contributed by atoms with Crippen molar-refractivity contribution in [1.82, 2.24) is 9.80 Å². The number of rotatable bonds is 3. The number of anilines is 1. The molecule has 3 rings (SSSR count). The molecule has 25 heavy (non-hydrogen) atoms. The minimum Gasteiger partial charge on any atom is -0.336 e. The van der Waals surface area contributed by atoms with Crippen molar-refractivity contribution in [2.75, 3.05) is 38.5 Å². The molecule has 5 nitrogen and oxygen atoms in total. The highest BCUT2D eigenvalue weighted by Gasteiger charge is 2.20. The second kappa shape index (κ2) is 7.49. The van der Waals surface area contributed by atoms with E-state index in [2.05, 4.69) is 17.3 Å². The molecule has 0 radical (unpaired) electrons. The highest BCUT2D eigenvalue weighted by atomic mass is 16.2. The number of aryl methyl sites for hydroxylation is 1. The van der Waals surface area contributed by atoms with Crippen LogP contribution in [0.5, 0.6) is 0 Å². The van der Waals surface area contributed by atoms with Gasteiger partial charge in [0.25, 0.3) is 11.8 Å². The lowest BCUT2D eigenvalue weighted by Gasteiger charge is -2.32. The summed E-state index contributed by atoms with van der Waals surface area (Å²) in [4.78, 5) is 29.0. The van der Waals surface area contributed by atoms with Crippen molar-refractivity contribution in [1.29, 1.82) is 0 Å². The Morgan fingerprint density at radius 3 is 2.20 bits per heavy atom. The Balaban J connectivity index is 1.65. The smallest absolute Gasteiger partial charge is 0.255 e. The fourth-order valence-electron chi connectivity index (χ4n) is 2.91. The lowest BCUT2D eigenvalue weighted by Crippen LogP contribution is -2.47. The molecule has 2 amide bonds. The Kier molecular flexibility index (Phi) is 5.14. The van der Waals surface area contributed by atoms with Gasteiger partial charge in [0.2, 0.25) is 0 Å². The fraction of sp³-hybridized carbons (Fsp3) is 0.300. The van der Waals surface area contributed by atoms with Crippen LogP contribution in [-0.4, -0.2) is 54.8 Å². The Morgan fingerprint density at radius 2 is 1.56 bits per heavy atom. The van der Waals surface area contributed by atoms with E-state index in [9.17, 15) is 9.59 Å². The summed E-state index contributed by atoms with van der Waals surface area (Å²) in [6.45, 7) is 5.21. The van der Waals surface area contributed by atoms with Gasteiger partial charge < -0.3 is 15.1 Å². The molecule has 0 aromatic heterocycles. The van der Waals surface area contributed by atoms with Gasteiger partial charge in [-0.15, -0.1) is 0 Å². The molecule has 0 unspecified atom stereocenters. The second-order valence-electron chi connectivity index (χ2n) is 6.44. The maximum Gasteiger partial charge on any atom is 0.255 e. The monoisotopic (exact) mass is 337 g/mol. The summed E-state index contributed by atoms with van der Waals surface area (Å²) in [7, 11) is 2.06. The first-order valence-electron chi connectivity index (χ1n) is 8.49. The van der Waals surface area contributed by atoms with Gasteiger partial charge in [-0.25, -0.2) is 0 Å². The average Bonchev–Trinajstić information content (AvgIpc) is 2.63. The van der Waals surface area contributed by atoms with Gasteiger partial charge in [0.1, 0.15) is 0 Å². The number of hydrogen-bond donors (Lipinski definition) is 1. The summed E-state index contributed by atoms with van der Waals surface area (Å²) >= 11 is 0. The third-order valence-corrected chi connectivity index (χ3v) is 4.57. The molecule has 1 aliphatic heterocycles. The molecule has 0 atom stereocenters. The number of piperazine rings is 1. The van der Waals surface area contributed by atoms with Crippen molar-refractivity contribution in [3.63, 3.8) is 0 Å². The third kappa shape index (κ3) is 4.06. The van der Waals surface area contributed by atoms with Gasteiger partial charge in [-0.3, -0.25) is 9.59 Å². The van der Waals surface area contributed by atoms with E-state index in [1.165, 1.54) is 0 Å². The van der Waals surface area contributed by atoms with E-state index in [1.807, 2.05) is 30.0 Å². The molecule has 2 aromatic carbocycles. The van der Waals surface area contributed by atoms with Crippen molar-refractivity contribution in [2.24, 2.45) is 0 Å². The summed E-state index contributed by atoms with van der Waals surface area (Å²) in [5, 5.41) is 2.88. The van der Waals surface area contributed by atoms with Crippen LogP contribution in [-0.2, 0) is 0 Å². The Morgan fingerprint density at radius 1 is 0.920 bits per heavy atom. The van der Waals surface area contributed by atoms with Gasteiger partial charge in [0, 0.05) is 43.0 Å². The van der Waals surface area contributed by atoms with Gasteiger partial charge in [0.15, 0.2) is 0 Å². The SMILES string of the molecule is Cc1ccccc1C(=O)Nc1ccc(C(=O)N2CCN(C)CC2)cc1. The van der Waals surface area contributed by atoms with Crippen LogP contribution in [0.25, 0.3) is 0 Å². The molecule has 130 valence electrons.